The van der Waals surface area contributed by atoms with Gasteiger partial charge >= 0.3 is 0 Å². The second kappa shape index (κ2) is 6.30. The number of hydrogen-bond acceptors (Lipinski definition) is 1. The minimum Gasteiger partial charge on any atom is -0.380 e. The van der Waals surface area contributed by atoms with E-state index in [9.17, 15) is 0 Å². The summed E-state index contributed by atoms with van der Waals surface area (Å²) in [6.45, 7) is 7.38. The summed E-state index contributed by atoms with van der Waals surface area (Å²) in [5.74, 6) is 0. The van der Waals surface area contributed by atoms with Gasteiger partial charge in [-0.05, 0) is 13.3 Å². The molecule has 0 aliphatic heterocycles. The number of ether oxygens (including phenoxy) is 1. The van der Waals surface area contributed by atoms with Crippen molar-refractivity contribution in [2.45, 2.75) is 13.3 Å². The quantitative estimate of drug-likeness (QED) is 0.370. The summed E-state index contributed by atoms with van der Waals surface area (Å²) in [6.07, 6.45) is 0.979. The van der Waals surface area contributed by atoms with E-state index in [4.69, 9.17) is 4.74 Å². The van der Waals surface area contributed by atoms with Gasteiger partial charge in [-0.25, -0.2) is 0 Å². The highest BCUT2D eigenvalue weighted by atomic mass is 79.9. The third-order valence-corrected chi connectivity index (χ3v) is 1.22. The van der Waals surface area contributed by atoms with Crippen LogP contribution < -0.4 is 0 Å². The monoisotopic (exact) mass is 192 g/mol. The number of rotatable bonds is 5. The largest absolute Gasteiger partial charge is 0.380 e. The Balaban J connectivity index is 2.83. The predicted molar refractivity (Wildman–Crippen MR) is 44.0 cm³/mol. The van der Waals surface area contributed by atoms with Gasteiger partial charge in [-0.3, -0.25) is 0 Å². The van der Waals surface area contributed by atoms with Gasteiger partial charge in [0.15, 0.2) is 0 Å². The maximum absolute atomic E-state index is 5.19. The molecule has 0 fully saturated rings. The molecule has 0 heterocycles. The molecule has 0 aromatic rings. The molecular formula is C7H13BrO. The second-order valence-electron chi connectivity index (χ2n) is 2.01. The molecule has 1 nitrogen and oxygen atoms in total. The topological polar surface area (TPSA) is 9.23 Å². The molecule has 0 aromatic carbocycles. The van der Waals surface area contributed by atoms with Crippen molar-refractivity contribution in [3.05, 3.63) is 12.2 Å². The summed E-state index contributed by atoms with van der Waals surface area (Å²) in [4.78, 5) is 0. The maximum atomic E-state index is 5.19. The van der Waals surface area contributed by atoms with Crippen molar-refractivity contribution in [3.8, 4) is 0 Å². The number of hydrogen-bond donors (Lipinski definition) is 0. The van der Waals surface area contributed by atoms with Gasteiger partial charge in [0.25, 0.3) is 0 Å². The highest BCUT2D eigenvalue weighted by Gasteiger charge is 1.86. The maximum Gasteiger partial charge on any atom is 0.0563 e. The SMILES string of the molecule is C=C(C)CCOCCBr. The van der Waals surface area contributed by atoms with Crippen molar-refractivity contribution in [2.24, 2.45) is 0 Å². The van der Waals surface area contributed by atoms with Crippen LogP contribution in [0.3, 0.4) is 0 Å². The van der Waals surface area contributed by atoms with E-state index in [0.717, 1.165) is 25.0 Å². The molecule has 0 rings (SSSR count). The standard InChI is InChI=1S/C7H13BrO/c1-7(2)3-5-9-6-4-8/h1,3-6H2,2H3. The molecule has 0 spiro atoms. The highest BCUT2D eigenvalue weighted by Crippen LogP contribution is 1.95. The lowest BCUT2D eigenvalue weighted by Crippen LogP contribution is -1.97. The Morgan fingerprint density at radius 2 is 2.22 bits per heavy atom. The highest BCUT2D eigenvalue weighted by molar-refractivity contribution is 9.09. The zero-order valence-corrected chi connectivity index (χ0v) is 7.41. The van der Waals surface area contributed by atoms with Crippen LogP contribution in [0.4, 0.5) is 0 Å². The Morgan fingerprint density at radius 1 is 1.56 bits per heavy atom. The molecule has 0 saturated heterocycles. The number of halogens is 1. The first kappa shape index (κ1) is 9.18. The van der Waals surface area contributed by atoms with Gasteiger partial charge in [0, 0.05) is 5.33 Å². The summed E-state index contributed by atoms with van der Waals surface area (Å²) >= 11 is 3.27. The van der Waals surface area contributed by atoms with Crippen molar-refractivity contribution in [3.63, 3.8) is 0 Å². The first-order valence-corrected chi connectivity index (χ1v) is 4.17. The fourth-order valence-corrected chi connectivity index (χ4v) is 0.632. The minimum absolute atomic E-state index is 0.799. The molecule has 2 heteroatoms. The summed E-state index contributed by atoms with van der Waals surface area (Å²) in [6, 6.07) is 0. The van der Waals surface area contributed by atoms with E-state index in [1.165, 1.54) is 5.57 Å². The molecule has 9 heavy (non-hydrogen) atoms. The van der Waals surface area contributed by atoms with Crippen LogP contribution in [0.25, 0.3) is 0 Å². The van der Waals surface area contributed by atoms with Gasteiger partial charge in [-0.2, -0.15) is 0 Å². The average molecular weight is 193 g/mol. The van der Waals surface area contributed by atoms with Crippen LogP contribution in [0.5, 0.6) is 0 Å². The molecule has 0 aromatic heterocycles. The molecule has 0 bridgehead atoms. The first-order chi connectivity index (χ1) is 4.27. The molecule has 0 N–H and O–H groups in total. The fraction of sp³-hybridized carbons (Fsp3) is 0.714. The lowest BCUT2D eigenvalue weighted by atomic mass is 10.3. The van der Waals surface area contributed by atoms with Gasteiger partial charge < -0.3 is 4.74 Å². The van der Waals surface area contributed by atoms with Crippen molar-refractivity contribution in [2.75, 3.05) is 18.5 Å². The number of alkyl halides is 1. The van der Waals surface area contributed by atoms with Crippen LogP contribution in [-0.2, 0) is 4.74 Å². The van der Waals surface area contributed by atoms with Gasteiger partial charge in [0.1, 0.15) is 0 Å². The van der Waals surface area contributed by atoms with Crippen LogP contribution in [0, 0.1) is 0 Å². The van der Waals surface area contributed by atoms with Crippen molar-refractivity contribution >= 4 is 15.9 Å². The van der Waals surface area contributed by atoms with E-state index in [1.54, 1.807) is 0 Å². The smallest absolute Gasteiger partial charge is 0.0563 e. The molecule has 0 unspecified atom stereocenters. The lowest BCUT2D eigenvalue weighted by Gasteiger charge is -1.99. The van der Waals surface area contributed by atoms with Crippen molar-refractivity contribution in [1.29, 1.82) is 0 Å². The van der Waals surface area contributed by atoms with Crippen LogP contribution in [0.1, 0.15) is 13.3 Å². The third kappa shape index (κ3) is 8.18. The zero-order valence-electron chi connectivity index (χ0n) is 5.82. The first-order valence-electron chi connectivity index (χ1n) is 3.05. The average Bonchev–Trinajstić information content (AvgIpc) is 1.80. The molecule has 0 aliphatic rings. The third-order valence-electron chi connectivity index (χ3n) is 0.895. The zero-order chi connectivity index (χ0) is 7.11. The van der Waals surface area contributed by atoms with E-state index in [0.29, 0.717) is 0 Å². The summed E-state index contributed by atoms with van der Waals surface area (Å²) in [5.41, 5.74) is 1.18. The Bertz CT molecular complexity index is 81.0. The van der Waals surface area contributed by atoms with Crippen LogP contribution in [0.2, 0.25) is 0 Å². The molecule has 0 amide bonds. The molecule has 54 valence electrons. The second-order valence-corrected chi connectivity index (χ2v) is 2.80. The van der Waals surface area contributed by atoms with Crippen molar-refractivity contribution < 1.29 is 4.74 Å². The molecule has 0 saturated carbocycles. The normalized spacial score (nSPS) is 9.56. The minimum atomic E-state index is 0.799. The van der Waals surface area contributed by atoms with E-state index in [2.05, 4.69) is 22.5 Å². The van der Waals surface area contributed by atoms with Crippen molar-refractivity contribution in [1.82, 2.24) is 0 Å². The Labute approximate surface area is 65.2 Å². The van der Waals surface area contributed by atoms with Crippen LogP contribution in [-0.4, -0.2) is 18.5 Å². The van der Waals surface area contributed by atoms with E-state index in [-0.39, 0.29) is 0 Å². The fourth-order valence-electron chi connectivity index (χ4n) is 0.403. The molecular weight excluding hydrogens is 180 g/mol. The van der Waals surface area contributed by atoms with E-state index in [1.807, 2.05) is 6.92 Å². The summed E-state index contributed by atoms with van der Waals surface area (Å²) in [5, 5.41) is 0.920. The van der Waals surface area contributed by atoms with Gasteiger partial charge in [0.2, 0.25) is 0 Å². The lowest BCUT2D eigenvalue weighted by molar-refractivity contribution is 0.154. The Morgan fingerprint density at radius 3 is 2.67 bits per heavy atom. The summed E-state index contributed by atoms with van der Waals surface area (Å²) in [7, 11) is 0. The van der Waals surface area contributed by atoms with E-state index < -0.39 is 0 Å². The van der Waals surface area contributed by atoms with Crippen LogP contribution >= 0.6 is 15.9 Å². The van der Waals surface area contributed by atoms with Crippen LogP contribution in [0.15, 0.2) is 12.2 Å². The Kier molecular flexibility index (Phi) is 6.43. The van der Waals surface area contributed by atoms with Gasteiger partial charge in [0.05, 0.1) is 13.2 Å². The molecule has 0 aliphatic carbocycles. The molecule has 0 radical (unpaired) electrons. The Hall–Kier alpha value is 0.180. The summed E-state index contributed by atoms with van der Waals surface area (Å²) < 4.78 is 5.19. The van der Waals surface area contributed by atoms with Gasteiger partial charge in [-0.1, -0.05) is 21.5 Å². The predicted octanol–water partition coefficient (Wildman–Crippen LogP) is 2.36. The van der Waals surface area contributed by atoms with E-state index >= 15 is 0 Å². The van der Waals surface area contributed by atoms with Gasteiger partial charge in [-0.15, -0.1) is 6.58 Å². The molecule has 0 atom stereocenters.